The van der Waals surface area contributed by atoms with Gasteiger partial charge in [-0.3, -0.25) is 14.4 Å². The summed E-state index contributed by atoms with van der Waals surface area (Å²) in [5, 5.41) is 10.3. The lowest BCUT2D eigenvalue weighted by atomic mass is 9.70. The Kier molecular flexibility index (Phi) is 8.96. The van der Waals surface area contributed by atoms with Crippen molar-refractivity contribution in [2.24, 2.45) is 11.8 Å². The van der Waals surface area contributed by atoms with Gasteiger partial charge in [0.2, 0.25) is 5.91 Å². The molecule has 3 fully saturated rings. The van der Waals surface area contributed by atoms with E-state index in [9.17, 15) is 19.5 Å². The van der Waals surface area contributed by atoms with E-state index >= 15 is 0 Å². The van der Waals surface area contributed by atoms with E-state index in [1.165, 1.54) is 4.90 Å². The number of aliphatic hydroxyl groups excluding tert-OH is 1. The van der Waals surface area contributed by atoms with E-state index in [0.717, 1.165) is 29.7 Å². The molecule has 212 valence electrons. The minimum atomic E-state index is -1.15. The summed E-state index contributed by atoms with van der Waals surface area (Å²) in [6.45, 7) is 13.6. The molecular weight excluding hydrogens is 496 g/mol. The number of aryl methyl sites for hydroxylation is 2. The van der Waals surface area contributed by atoms with Crippen molar-refractivity contribution in [2.75, 3.05) is 24.7 Å². The molecule has 1 N–H and O–H groups in total. The molecule has 3 aliphatic heterocycles. The molecule has 0 aliphatic carbocycles. The Hall–Kier alpha value is -2.97. The van der Waals surface area contributed by atoms with E-state index in [1.807, 2.05) is 45.0 Å². The van der Waals surface area contributed by atoms with Gasteiger partial charge in [0.15, 0.2) is 0 Å². The van der Waals surface area contributed by atoms with E-state index in [4.69, 9.17) is 9.47 Å². The number of amides is 2. The van der Waals surface area contributed by atoms with Crippen molar-refractivity contribution in [3.8, 4) is 0 Å². The molecule has 2 amide bonds. The summed E-state index contributed by atoms with van der Waals surface area (Å²) in [6, 6.07) is 4.37. The monoisotopic (exact) mass is 538 g/mol. The van der Waals surface area contributed by atoms with Crippen molar-refractivity contribution >= 4 is 23.5 Å². The first kappa shape index (κ1) is 29.0. The van der Waals surface area contributed by atoms with Crippen molar-refractivity contribution in [1.82, 2.24) is 4.90 Å². The average Bonchev–Trinajstić information content (AvgIpc) is 3.57. The van der Waals surface area contributed by atoms with Crippen LogP contribution in [0.2, 0.25) is 0 Å². The molecule has 6 atom stereocenters. The van der Waals surface area contributed by atoms with Crippen LogP contribution in [0.5, 0.6) is 0 Å². The van der Waals surface area contributed by atoms with Crippen LogP contribution in [0.3, 0.4) is 0 Å². The maximum absolute atomic E-state index is 14.6. The predicted molar refractivity (Wildman–Crippen MR) is 149 cm³/mol. The number of likely N-dealkylation sites (tertiary alicyclic amines) is 1. The molecule has 0 aromatic heterocycles. The van der Waals surface area contributed by atoms with Crippen LogP contribution in [-0.4, -0.2) is 71.3 Å². The van der Waals surface area contributed by atoms with Crippen molar-refractivity contribution < 1.29 is 29.0 Å². The highest BCUT2D eigenvalue weighted by Crippen LogP contribution is 2.59. The highest BCUT2D eigenvalue weighted by atomic mass is 16.6. The van der Waals surface area contributed by atoms with Gasteiger partial charge in [-0.2, -0.15) is 0 Å². The van der Waals surface area contributed by atoms with Gasteiger partial charge in [-0.25, -0.2) is 0 Å². The standard InChI is InChI=1S/C31H42N2O6/c1-6-9-10-11-17-38-30(37)25-24-14-15-31(39-24)26(25)28(35)33(22(8-3)19-34)27(31)29(36)32(16-7-2)23-18-20(4)12-13-21(23)5/h6-7,12-13,18,22,24-27,34H,1-2,8-11,14-17,19H2,3-5H3/t22-,24+,25-,26-,27?,31?/m0/s1. The zero-order valence-electron chi connectivity index (χ0n) is 23.4. The third-order valence-corrected chi connectivity index (χ3v) is 8.60. The van der Waals surface area contributed by atoms with Gasteiger partial charge in [-0.05, 0) is 69.6 Å². The summed E-state index contributed by atoms with van der Waals surface area (Å²) in [6.07, 6.45) is 6.96. The normalized spacial score (nSPS) is 27.8. The summed E-state index contributed by atoms with van der Waals surface area (Å²) >= 11 is 0. The van der Waals surface area contributed by atoms with Crippen LogP contribution in [0.1, 0.15) is 56.6 Å². The first-order chi connectivity index (χ1) is 18.7. The van der Waals surface area contributed by atoms with E-state index in [0.29, 0.717) is 25.7 Å². The zero-order valence-corrected chi connectivity index (χ0v) is 23.4. The third kappa shape index (κ3) is 5.05. The average molecular weight is 539 g/mol. The van der Waals surface area contributed by atoms with Crippen LogP contribution in [0, 0.1) is 25.7 Å². The van der Waals surface area contributed by atoms with E-state index in [2.05, 4.69) is 13.2 Å². The quantitative estimate of drug-likeness (QED) is 0.233. The number of anilines is 1. The minimum absolute atomic E-state index is 0.248. The first-order valence-corrected chi connectivity index (χ1v) is 14.1. The van der Waals surface area contributed by atoms with Gasteiger partial charge in [-0.1, -0.05) is 31.2 Å². The highest BCUT2D eigenvalue weighted by Gasteiger charge is 2.75. The number of fused-ring (bicyclic) bond motifs is 1. The summed E-state index contributed by atoms with van der Waals surface area (Å²) in [7, 11) is 0. The molecule has 2 bridgehead atoms. The Balaban J connectivity index is 1.72. The van der Waals surface area contributed by atoms with Gasteiger partial charge < -0.3 is 24.4 Å². The van der Waals surface area contributed by atoms with Crippen molar-refractivity contribution in [3.05, 3.63) is 54.6 Å². The number of allylic oxidation sites excluding steroid dienone is 1. The van der Waals surface area contributed by atoms with E-state index in [-0.39, 0.29) is 31.6 Å². The van der Waals surface area contributed by atoms with Crippen molar-refractivity contribution in [3.63, 3.8) is 0 Å². The van der Waals surface area contributed by atoms with Gasteiger partial charge in [0.1, 0.15) is 11.6 Å². The number of unbranched alkanes of at least 4 members (excludes halogenated alkanes) is 2. The molecule has 1 aromatic rings. The Labute approximate surface area is 231 Å². The summed E-state index contributed by atoms with van der Waals surface area (Å²) < 4.78 is 12.1. The summed E-state index contributed by atoms with van der Waals surface area (Å²) in [5.74, 6) is -2.64. The lowest BCUT2D eigenvalue weighted by molar-refractivity contribution is -0.156. The van der Waals surface area contributed by atoms with Crippen LogP contribution in [-0.2, 0) is 23.9 Å². The molecule has 3 saturated heterocycles. The molecule has 3 heterocycles. The minimum Gasteiger partial charge on any atom is -0.465 e. The number of carbonyl (C=O) groups excluding carboxylic acids is 3. The van der Waals surface area contributed by atoms with Gasteiger partial charge >= 0.3 is 5.97 Å². The zero-order chi connectivity index (χ0) is 28.3. The lowest BCUT2D eigenvalue weighted by Gasteiger charge is -2.39. The molecule has 2 unspecified atom stereocenters. The van der Waals surface area contributed by atoms with E-state index < -0.39 is 41.6 Å². The molecular formula is C31H42N2O6. The number of hydrogen-bond acceptors (Lipinski definition) is 6. The topological polar surface area (TPSA) is 96.4 Å². The molecule has 1 spiro atoms. The largest absolute Gasteiger partial charge is 0.465 e. The Morgan fingerprint density at radius 2 is 2.05 bits per heavy atom. The number of carbonyl (C=O) groups is 3. The number of esters is 1. The van der Waals surface area contributed by atoms with Crippen LogP contribution in [0.4, 0.5) is 5.69 Å². The number of benzene rings is 1. The fourth-order valence-electron chi connectivity index (χ4n) is 6.70. The smallest absolute Gasteiger partial charge is 0.312 e. The lowest BCUT2D eigenvalue weighted by Crippen LogP contribution is -2.59. The van der Waals surface area contributed by atoms with Crippen LogP contribution in [0.15, 0.2) is 43.5 Å². The number of rotatable bonds is 13. The number of nitrogens with zero attached hydrogens (tertiary/aromatic N) is 2. The molecule has 1 aromatic carbocycles. The molecule has 3 aliphatic rings. The molecule has 0 radical (unpaired) electrons. The summed E-state index contributed by atoms with van der Waals surface area (Å²) in [4.78, 5) is 45.2. The van der Waals surface area contributed by atoms with E-state index in [1.54, 1.807) is 11.0 Å². The number of hydrogen-bond donors (Lipinski definition) is 1. The molecule has 8 nitrogen and oxygen atoms in total. The number of aliphatic hydroxyl groups is 1. The van der Waals surface area contributed by atoms with Crippen LogP contribution >= 0.6 is 0 Å². The van der Waals surface area contributed by atoms with Crippen molar-refractivity contribution in [2.45, 2.75) is 83.1 Å². The second-order valence-electron chi connectivity index (χ2n) is 11.0. The Morgan fingerprint density at radius 3 is 2.72 bits per heavy atom. The Bertz CT molecular complexity index is 1110. The molecule has 4 rings (SSSR count). The van der Waals surface area contributed by atoms with Gasteiger partial charge in [0, 0.05) is 12.2 Å². The number of ether oxygens (including phenoxy) is 2. The van der Waals surface area contributed by atoms with Gasteiger partial charge in [-0.15, -0.1) is 13.2 Å². The maximum Gasteiger partial charge on any atom is 0.312 e. The third-order valence-electron chi connectivity index (χ3n) is 8.60. The molecule has 39 heavy (non-hydrogen) atoms. The maximum atomic E-state index is 14.6. The fourth-order valence-corrected chi connectivity index (χ4v) is 6.70. The first-order valence-electron chi connectivity index (χ1n) is 14.1. The van der Waals surface area contributed by atoms with Crippen LogP contribution < -0.4 is 4.90 Å². The Morgan fingerprint density at radius 1 is 1.28 bits per heavy atom. The van der Waals surface area contributed by atoms with Gasteiger partial charge in [0.05, 0.1) is 37.2 Å². The predicted octanol–water partition coefficient (Wildman–Crippen LogP) is 3.87. The highest BCUT2D eigenvalue weighted by molar-refractivity contribution is 6.05. The SMILES string of the molecule is C=CCCCCOC(=O)[C@@H]1[C@H]2C(=O)N([C@@H](CC)CO)C(C(=O)N(CC=C)c3cc(C)ccc3C)C23CC[C@H]1O3. The molecule has 0 saturated carbocycles. The molecule has 8 heteroatoms. The van der Waals surface area contributed by atoms with Crippen molar-refractivity contribution in [1.29, 1.82) is 0 Å². The second kappa shape index (κ2) is 12.0. The van der Waals surface area contributed by atoms with Gasteiger partial charge in [0.25, 0.3) is 5.91 Å². The summed E-state index contributed by atoms with van der Waals surface area (Å²) in [5.41, 5.74) is 1.52. The fraction of sp³-hybridized carbons (Fsp3) is 0.581. The second-order valence-corrected chi connectivity index (χ2v) is 11.0. The van der Waals surface area contributed by atoms with Crippen LogP contribution in [0.25, 0.3) is 0 Å².